The maximum absolute atomic E-state index is 11.8. The summed E-state index contributed by atoms with van der Waals surface area (Å²) in [6.45, 7) is 4.20. The second-order valence-corrected chi connectivity index (χ2v) is 8.79. The Morgan fingerprint density at radius 3 is 2.65 bits per heavy atom. The average molecular weight is 377 g/mol. The molecule has 1 aromatic heterocycles. The van der Waals surface area contributed by atoms with Crippen LogP contribution in [0.2, 0.25) is 5.02 Å². The second kappa shape index (κ2) is 6.13. The molecule has 2 amide bonds. The summed E-state index contributed by atoms with van der Waals surface area (Å²) in [7, 11) is 0. The third kappa shape index (κ3) is 2.67. The number of hydrogen-bond donors (Lipinski definition) is 3. The monoisotopic (exact) mass is 376 g/mol. The number of aromatic nitrogens is 2. The van der Waals surface area contributed by atoms with Crippen LogP contribution < -0.4 is 5.73 Å². The number of benzene rings is 1. The predicted molar refractivity (Wildman–Crippen MR) is 101 cm³/mol. The normalized spacial score (nSPS) is 27.1. The fourth-order valence-electron chi connectivity index (χ4n) is 5.03. The van der Waals surface area contributed by atoms with Gasteiger partial charge in [-0.1, -0.05) is 25.4 Å². The summed E-state index contributed by atoms with van der Waals surface area (Å²) < 4.78 is 0. The lowest BCUT2D eigenvalue weighted by Crippen LogP contribution is -2.51. The number of H-pyrrole nitrogens is 1. The van der Waals surface area contributed by atoms with Crippen molar-refractivity contribution >= 4 is 28.5 Å². The van der Waals surface area contributed by atoms with E-state index in [0.717, 1.165) is 42.1 Å². The Balaban J connectivity index is 1.64. The van der Waals surface area contributed by atoms with Crippen LogP contribution in [0.15, 0.2) is 18.3 Å². The molecule has 6 nitrogen and oxygen atoms in total. The van der Waals surface area contributed by atoms with Crippen molar-refractivity contribution in [3.63, 3.8) is 0 Å². The number of carbonyl (C=O) groups is 1. The molecule has 0 saturated carbocycles. The van der Waals surface area contributed by atoms with Gasteiger partial charge in [0, 0.05) is 28.1 Å². The van der Waals surface area contributed by atoms with E-state index in [2.05, 4.69) is 24.0 Å². The average Bonchev–Trinajstić information content (AvgIpc) is 3.15. The minimum Gasteiger partial charge on any atom is -0.388 e. The van der Waals surface area contributed by atoms with Crippen molar-refractivity contribution in [2.75, 3.05) is 0 Å². The van der Waals surface area contributed by atoms with Gasteiger partial charge < -0.3 is 15.7 Å². The molecular weight excluding hydrogens is 352 g/mol. The van der Waals surface area contributed by atoms with Crippen molar-refractivity contribution in [1.82, 2.24) is 15.1 Å². The van der Waals surface area contributed by atoms with Gasteiger partial charge in [0.2, 0.25) is 0 Å². The lowest BCUT2D eigenvalue weighted by atomic mass is 9.67. The lowest BCUT2D eigenvalue weighted by molar-refractivity contribution is -0.0270. The Morgan fingerprint density at radius 1 is 1.38 bits per heavy atom. The maximum atomic E-state index is 11.8. The summed E-state index contributed by atoms with van der Waals surface area (Å²) >= 11 is 6.26. The molecule has 1 unspecified atom stereocenters. The Morgan fingerprint density at radius 2 is 2.04 bits per heavy atom. The summed E-state index contributed by atoms with van der Waals surface area (Å²) in [5.41, 5.74) is 6.81. The molecule has 2 aliphatic rings. The first kappa shape index (κ1) is 17.6. The van der Waals surface area contributed by atoms with Crippen LogP contribution in [-0.2, 0) is 0 Å². The van der Waals surface area contributed by atoms with Crippen molar-refractivity contribution in [3.05, 3.63) is 28.9 Å². The highest BCUT2D eigenvalue weighted by molar-refractivity contribution is 6.31. The van der Waals surface area contributed by atoms with Gasteiger partial charge in [0.1, 0.15) is 0 Å². The molecule has 140 valence electrons. The molecule has 2 bridgehead atoms. The molecule has 2 saturated heterocycles. The van der Waals surface area contributed by atoms with E-state index < -0.39 is 6.10 Å². The number of carbonyl (C=O) groups excluding carboxylic acids is 1. The highest BCUT2D eigenvalue weighted by Crippen LogP contribution is 2.51. The molecular formula is C19H25ClN4O2. The number of urea groups is 1. The predicted octanol–water partition coefficient (Wildman–Crippen LogP) is 3.60. The topological polar surface area (TPSA) is 95.2 Å². The van der Waals surface area contributed by atoms with Gasteiger partial charge in [0.25, 0.3) is 0 Å². The molecule has 0 aliphatic carbocycles. The number of piperidine rings is 1. The van der Waals surface area contributed by atoms with Crippen LogP contribution in [0.25, 0.3) is 10.9 Å². The van der Waals surface area contributed by atoms with Crippen molar-refractivity contribution < 1.29 is 9.90 Å². The zero-order valence-electron chi connectivity index (χ0n) is 15.1. The number of hydrogen-bond acceptors (Lipinski definition) is 3. The van der Waals surface area contributed by atoms with Crippen LogP contribution in [0.4, 0.5) is 4.79 Å². The van der Waals surface area contributed by atoms with E-state index in [0.29, 0.717) is 10.9 Å². The van der Waals surface area contributed by atoms with Gasteiger partial charge in [-0.3, -0.25) is 5.10 Å². The summed E-state index contributed by atoms with van der Waals surface area (Å²) in [6.07, 6.45) is 4.77. The summed E-state index contributed by atoms with van der Waals surface area (Å²) in [5.74, 6) is 0.294. The number of aliphatic hydroxyl groups is 1. The number of nitrogens with two attached hydrogens (primary N) is 1. The molecule has 4 N–H and O–H groups in total. The van der Waals surface area contributed by atoms with E-state index in [1.54, 1.807) is 6.20 Å². The number of halogens is 1. The van der Waals surface area contributed by atoms with Crippen molar-refractivity contribution in [2.45, 2.75) is 57.7 Å². The molecule has 1 aromatic carbocycles. The second-order valence-electron chi connectivity index (χ2n) is 8.35. The maximum Gasteiger partial charge on any atom is 0.315 e. The quantitative estimate of drug-likeness (QED) is 0.763. The minimum atomic E-state index is -0.686. The summed E-state index contributed by atoms with van der Waals surface area (Å²) in [6, 6.07) is 3.73. The van der Waals surface area contributed by atoms with Gasteiger partial charge in [-0.2, -0.15) is 5.10 Å². The Labute approximate surface area is 157 Å². The number of aliphatic hydroxyl groups excluding tert-OH is 1. The highest BCUT2D eigenvalue weighted by Gasteiger charge is 2.49. The minimum absolute atomic E-state index is 0.189. The van der Waals surface area contributed by atoms with E-state index in [4.69, 9.17) is 17.3 Å². The molecule has 7 heteroatoms. The van der Waals surface area contributed by atoms with Gasteiger partial charge in [-0.15, -0.1) is 0 Å². The van der Waals surface area contributed by atoms with E-state index >= 15 is 0 Å². The van der Waals surface area contributed by atoms with E-state index in [9.17, 15) is 9.90 Å². The first-order valence-electron chi connectivity index (χ1n) is 9.17. The van der Waals surface area contributed by atoms with E-state index in [1.165, 1.54) is 0 Å². The number of nitrogens with one attached hydrogen (secondary N) is 1. The number of nitrogens with zero attached hydrogens (tertiary/aromatic N) is 2. The summed E-state index contributed by atoms with van der Waals surface area (Å²) in [5, 5.41) is 19.9. The van der Waals surface area contributed by atoms with Crippen LogP contribution in [0, 0.1) is 11.3 Å². The van der Waals surface area contributed by atoms with Crippen molar-refractivity contribution in [3.8, 4) is 0 Å². The number of primary amides is 1. The number of amides is 2. The van der Waals surface area contributed by atoms with Crippen LogP contribution in [0.3, 0.4) is 0 Å². The third-order valence-electron chi connectivity index (χ3n) is 6.58. The Kier molecular flexibility index (Phi) is 4.15. The number of fused-ring (bicyclic) bond motifs is 3. The molecule has 4 rings (SSSR count). The molecule has 26 heavy (non-hydrogen) atoms. The lowest BCUT2D eigenvalue weighted by Gasteiger charge is -2.46. The fourth-order valence-corrected chi connectivity index (χ4v) is 5.27. The fraction of sp³-hybridized carbons (Fsp3) is 0.579. The molecule has 4 atom stereocenters. The van der Waals surface area contributed by atoms with Gasteiger partial charge in [-0.05, 0) is 49.1 Å². The number of rotatable bonds is 3. The van der Waals surface area contributed by atoms with Gasteiger partial charge in [-0.25, -0.2) is 4.79 Å². The molecule has 0 radical (unpaired) electrons. The smallest absolute Gasteiger partial charge is 0.315 e. The largest absolute Gasteiger partial charge is 0.388 e. The third-order valence-corrected chi connectivity index (χ3v) is 6.80. The standard InChI is InChI=1S/C19H25ClN4O2/c1-19(2,11-6-13-3-4-14(7-11)24(13)18(21)26)17(25)15-8-12(20)5-10-9-22-23-16(10)15/h5,8-9,11,13-14,17,25H,3-4,6-7H2,1-2H3,(H2,21,26)(H,22,23)/t11-,13+,14-,17?. The first-order valence-corrected chi connectivity index (χ1v) is 9.55. The summed E-state index contributed by atoms with van der Waals surface area (Å²) in [4.78, 5) is 13.6. The van der Waals surface area contributed by atoms with E-state index in [1.807, 2.05) is 17.0 Å². The van der Waals surface area contributed by atoms with Gasteiger partial charge >= 0.3 is 6.03 Å². The van der Waals surface area contributed by atoms with Crippen LogP contribution in [-0.4, -0.2) is 38.3 Å². The molecule has 2 aromatic rings. The molecule has 2 aliphatic heterocycles. The van der Waals surface area contributed by atoms with Crippen molar-refractivity contribution in [1.29, 1.82) is 0 Å². The van der Waals surface area contributed by atoms with Crippen LogP contribution >= 0.6 is 11.6 Å². The first-order chi connectivity index (χ1) is 12.3. The highest BCUT2D eigenvalue weighted by atomic mass is 35.5. The zero-order valence-corrected chi connectivity index (χ0v) is 15.8. The SMILES string of the molecule is CC(C)(C(O)c1cc(Cl)cc2cn[nH]c12)[C@H]1C[C@H]2CC[C@@H](C1)N2C(N)=O. The molecule has 0 spiro atoms. The zero-order chi connectivity index (χ0) is 18.6. The van der Waals surface area contributed by atoms with Gasteiger partial charge in [0.05, 0.1) is 17.8 Å². The van der Waals surface area contributed by atoms with E-state index in [-0.39, 0.29) is 23.5 Å². The van der Waals surface area contributed by atoms with Crippen molar-refractivity contribution in [2.24, 2.45) is 17.1 Å². The van der Waals surface area contributed by atoms with Gasteiger partial charge in [0.15, 0.2) is 0 Å². The molecule has 2 fully saturated rings. The number of aromatic amines is 1. The molecule has 3 heterocycles. The Bertz CT molecular complexity index is 835. The Hall–Kier alpha value is -1.79. The van der Waals surface area contributed by atoms with Crippen LogP contribution in [0.5, 0.6) is 0 Å². The van der Waals surface area contributed by atoms with Crippen LogP contribution in [0.1, 0.15) is 51.2 Å².